The first-order valence-corrected chi connectivity index (χ1v) is 5.89. The maximum atomic E-state index is 5.90. The lowest BCUT2D eigenvalue weighted by Crippen LogP contribution is -2.30. The average Bonchev–Trinajstić information content (AvgIpc) is 2.27. The van der Waals surface area contributed by atoms with Gasteiger partial charge in [-0.05, 0) is 24.6 Å². The van der Waals surface area contributed by atoms with Crippen molar-refractivity contribution < 1.29 is 9.47 Å². The van der Waals surface area contributed by atoms with Crippen LogP contribution in [0.15, 0.2) is 18.2 Å². The Kier molecular flexibility index (Phi) is 4.29. The summed E-state index contributed by atoms with van der Waals surface area (Å²) in [6, 6.07) is 5.39. The van der Waals surface area contributed by atoms with Gasteiger partial charge in [-0.3, -0.25) is 0 Å². The largest absolute Gasteiger partial charge is 0.382 e. The Morgan fingerprint density at radius 3 is 2.62 bits per heavy atom. The predicted molar refractivity (Wildman–Crippen MR) is 65.3 cm³/mol. The maximum absolute atomic E-state index is 5.90. The third kappa shape index (κ3) is 3.52. The average molecular weight is 262 g/mol. The third-order valence-corrected chi connectivity index (χ3v) is 2.80. The van der Waals surface area contributed by atoms with E-state index in [1.807, 2.05) is 12.1 Å². The van der Waals surface area contributed by atoms with Crippen molar-refractivity contribution in [3.05, 3.63) is 28.2 Å². The zero-order valence-corrected chi connectivity index (χ0v) is 10.2. The molecule has 1 heterocycles. The summed E-state index contributed by atoms with van der Waals surface area (Å²) in [6.07, 6.45) is 1.09. The fraction of sp³-hybridized carbons (Fsp3) is 0.455. The van der Waals surface area contributed by atoms with Crippen molar-refractivity contribution in [2.75, 3.05) is 25.3 Å². The lowest BCUT2D eigenvalue weighted by atomic mass is 10.2. The van der Waals surface area contributed by atoms with E-state index >= 15 is 0 Å². The van der Waals surface area contributed by atoms with Crippen LogP contribution in [0.2, 0.25) is 10.0 Å². The van der Waals surface area contributed by atoms with Crippen molar-refractivity contribution in [2.24, 2.45) is 0 Å². The quantitative estimate of drug-likeness (QED) is 0.907. The molecule has 0 aliphatic carbocycles. The standard InChI is InChI=1S/C11H13Cl2NO2/c12-8-3-9(13)5-10(4-8)14-6-11-1-2-15-7-16-11/h3-5,11,14H,1-2,6-7H2. The van der Waals surface area contributed by atoms with Gasteiger partial charge >= 0.3 is 0 Å². The molecule has 1 aliphatic heterocycles. The molecule has 1 aromatic rings. The van der Waals surface area contributed by atoms with Crippen LogP contribution in [-0.2, 0) is 9.47 Å². The Hall–Kier alpha value is -0.480. The van der Waals surface area contributed by atoms with Crippen LogP contribution in [-0.4, -0.2) is 26.0 Å². The summed E-state index contributed by atoms with van der Waals surface area (Å²) in [5.74, 6) is 0. The molecule has 0 radical (unpaired) electrons. The van der Waals surface area contributed by atoms with Crippen LogP contribution in [0.3, 0.4) is 0 Å². The van der Waals surface area contributed by atoms with E-state index in [-0.39, 0.29) is 6.10 Å². The van der Waals surface area contributed by atoms with Gasteiger partial charge in [-0.25, -0.2) is 0 Å². The Balaban J connectivity index is 1.88. The minimum absolute atomic E-state index is 0.187. The Labute approximate surface area is 105 Å². The second-order valence-electron chi connectivity index (χ2n) is 3.64. The van der Waals surface area contributed by atoms with E-state index in [0.29, 0.717) is 16.8 Å². The molecule has 16 heavy (non-hydrogen) atoms. The monoisotopic (exact) mass is 261 g/mol. The molecule has 0 saturated carbocycles. The first kappa shape index (κ1) is 12.0. The highest BCUT2D eigenvalue weighted by Gasteiger charge is 2.13. The molecule has 1 N–H and O–H groups in total. The third-order valence-electron chi connectivity index (χ3n) is 2.37. The van der Waals surface area contributed by atoms with Crippen LogP contribution < -0.4 is 5.32 Å². The summed E-state index contributed by atoms with van der Waals surface area (Å²) in [6.45, 7) is 1.87. The van der Waals surface area contributed by atoms with Crippen molar-refractivity contribution in [1.82, 2.24) is 0 Å². The molecule has 1 unspecified atom stereocenters. The second kappa shape index (κ2) is 5.73. The molecule has 2 rings (SSSR count). The van der Waals surface area contributed by atoms with Gasteiger partial charge in [0.05, 0.1) is 12.7 Å². The lowest BCUT2D eigenvalue weighted by molar-refractivity contribution is -0.133. The molecule has 0 aromatic heterocycles. The topological polar surface area (TPSA) is 30.5 Å². The predicted octanol–water partition coefficient (Wildman–Crippen LogP) is 3.17. The fourth-order valence-corrected chi connectivity index (χ4v) is 2.08. The maximum Gasteiger partial charge on any atom is 0.147 e. The smallest absolute Gasteiger partial charge is 0.147 e. The summed E-state index contributed by atoms with van der Waals surface area (Å²) in [5, 5.41) is 4.50. The molecule has 1 saturated heterocycles. The minimum atomic E-state index is 0.187. The molecule has 0 bridgehead atoms. The van der Waals surface area contributed by atoms with Gasteiger partial charge < -0.3 is 14.8 Å². The van der Waals surface area contributed by atoms with E-state index in [4.69, 9.17) is 32.7 Å². The van der Waals surface area contributed by atoms with E-state index in [9.17, 15) is 0 Å². The summed E-state index contributed by atoms with van der Waals surface area (Å²) in [5.41, 5.74) is 0.910. The number of hydrogen-bond acceptors (Lipinski definition) is 3. The molecule has 88 valence electrons. The van der Waals surface area contributed by atoms with E-state index < -0.39 is 0 Å². The highest BCUT2D eigenvalue weighted by molar-refractivity contribution is 6.35. The van der Waals surface area contributed by atoms with Crippen molar-refractivity contribution in [1.29, 1.82) is 0 Å². The molecule has 0 amide bonds. The number of hydrogen-bond donors (Lipinski definition) is 1. The van der Waals surface area contributed by atoms with Crippen molar-refractivity contribution in [3.8, 4) is 0 Å². The number of rotatable bonds is 3. The van der Waals surface area contributed by atoms with Crippen LogP contribution in [0.1, 0.15) is 6.42 Å². The number of ether oxygens (including phenoxy) is 2. The van der Waals surface area contributed by atoms with E-state index in [1.165, 1.54) is 0 Å². The molecule has 5 heteroatoms. The van der Waals surface area contributed by atoms with Crippen LogP contribution in [0.4, 0.5) is 5.69 Å². The van der Waals surface area contributed by atoms with Gasteiger partial charge in [-0.15, -0.1) is 0 Å². The summed E-state index contributed by atoms with van der Waals surface area (Å²) in [4.78, 5) is 0. The van der Waals surface area contributed by atoms with Crippen molar-refractivity contribution >= 4 is 28.9 Å². The number of nitrogens with one attached hydrogen (secondary N) is 1. The Morgan fingerprint density at radius 2 is 2.00 bits per heavy atom. The molecule has 1 fully saturated rings. The lowest BCUT2D eigenvalue weighted by Gasteiger charge is -2.23. The van der Waals surface area contributed by atoms with Gasteiger partial charge in [-0.1, -0.05) is 23.2 Å². The molecular weight excluding hydrogens is 249 g/mol. The van der Waals surface area contributed by atoms with Gasteiger partial charge in [0.15, 0.2) is 0 Å². The second-order valence-corrected chi connectivity index (χ2v) is 4.52. The SMILES string of the molecule is Clc1cc(Cl)cc(NCC2CCOCO2)c1. The van der Waals surface area contributed by atoms with Crippen LogP contribution in [0.5, 0.6) is 0 Å². The number of benzene rings is 1. The summed E-state index contributed by atoms with van der Waals surface area (Å²) >= 11 is 11.8. The van der Waals surface area contributed by atoms with Crippen LogP contribution in [0, 0.1) is 0 Å². The summed E-state index contributed by atoms with van der Waals surface area (Å²) in [7, 11) is 0. The molecular formula is C11H13Cl2NO2. The molecule has 3 nitrogen and oxygen atoms in total. The normalized spacial score (nSPS) is 20.8. The van der Waals surface area contributed by atoms with Gasteiger partial charge in [0.1, 0.15) is 6.79 Å². The van der Waals surface area contributed by atoms with Crippen molar-refractivity contribution in [3.63, 3.8) is 0 Å². The first-order chi connectivity index (χ1) is 7.74. The van der Waals surface area contributed by atoms with E-state index in [0.717, 1.165) is 25.3 Å². The summed E-state index contributed by atoms with van der Waals surface area (Å²) < 4.78 is 10.5. The Morgan fingerprint density at radius 1 is 1.25 bits per heavy atom. The van der Waals surface area contributed by atoms with Gasteiger partial charge in [0.25, 0.3) is 0 Å². The van der Waals surface area contributed by atoms with Gasteiger partial charge in [0.2, 0.25) is 0 Å². The first-order valence-electron chi connectivity index (χ1n) is 5.13. The fourth-order valence-electron chi connectivity index (χ4n) is 1.55. The molecule has 1 aliphatic rings. The van der Waals surface area contributed by atoms with Crippen LogP contribution >= 0.6 is 23.2 Å². The number of anilines is 1. The highest BCUT2D eigenvalue weighted by atomic mass is 35.5. The highest BCUT2D eigenvalue weighted by Crippen LogP contribution is 2.22. The van der Waals surface area contributed by atoms with Crippen LogP contribution in [0.25, 0.3) is 0 Å². The van der Waals surface area contributed by atoms with E-state index in [2.05, 4.69) is 5.32 Å². The minimum Gasteiger partial charge on any atom is -0.382 e. The number of halogens is 2. The Bertz CT molecular complexity index is 334. The molecule has 0 spiro atoms. The zero-order chi connectivity index (χ0) is 11.4. The van der Waals surface area contributed by atoms with Crippen molar-refractivity contribution in [2.45, 2.75) is 12.5 Å². The van der Waals surface area contributed by atoms with Gasteiger partial charge in [0, 0.05) is 22.3 Å². The van der Waals surface area contributed by atoms with Gasteiger partial charge in [-0.2, -0.15) is 0 Å². The molecule has 1 aromatic carbocycles. The van der Waals surface area contributed by atoms with E-state index in [1.54, 1.807) is 6.07 Å². The molecule has 1 atom stereocenters. The zero-order valence-electron chi connectivity index (χ0n) is 8.71.